The van der Waals surface area contributed by atoms with Crippen molar-refractivity contribution >= 4 is 5.91 Å². The smallest absolute Gasteiger partial charge is 0.273 e. The molecule has 1 aromatic heterocycles. The van der Waals surface area contributed by atoms with Gasteiger partial charge in [-0.15, -0.1) is 0 Å². The molecule has 0 unspecified atom stereocenters. The number of hydrogen-bond acceptors (Lipinski definition) is 3. The summed E-state index contributed by atoms with van der Waals surface area (Å²) in [6, 6.07) is 19.2. The Morgan fingerprint density at radius 3 is 2.68 bits per heavy atom. The quantitative estimate of drug-likeness (QED) is 0.799. The van der Waals surface area contributed by atoms with Gasteiger partial charge >= 0.3 is 0 Å². The predicted octanol–water partition coefficient (Wildman–Crippen LogP) is 3.58. The zero-order chi connectivity index (χ0) is 15.4. The second-order valence-electron chi connectivity index (χ2n) is 5.11. The van der Waals surface area contributed by atoms with Crippen LogP contribution in [0.3, 0.4) is 0 Å². The molecule has 0 aliphatic rings. The minimum atomic E-state index is -0.243. The number of aryl methyl sites for hydroxylation is 1. The van der Waals surface area contributed by atoms with Gasteiger partial charge in [-0.25, -0.2) is 0 Å². The van der Waals surface area contributed by atoms with Crippen molar-refractivity contribution in [2.45, 2.75) is 13.5 Å². The Labute approximate surface area is 128 Å². The molecular formula is C18H16N2O2. The number of carbonyl (C=O) groups is 1. The van der Waals surface area contributed by atoms with E-state index in [1.54, 1.807) is 6.07 Å². The summed E-state index contributed by atoms with van der Waals surface area (Å²) in [6.07, 6.45) is 0. The highest BCUT2D eigenvalue weighted by atomic mass is 16.5. The Morgan fingerprint density at radius 1 is 1.09 bits per heavy atom. The summed E-state index contributed by atoms with van der Waals surface area (Å²) in [5.41, 5.74) is 3.40. The van der Waals surface area contributed by atoms with E-state index >= 15 is 0 Å². The maximum absolute atomic E-state index is 12.1. The van der Waals surface area contributed by atoms with E-state index in [4.69, 9.17) is 4.52 Å². The van der Waals surface area contributed by atoms with E-state index in [1.807, 2.05) is 61.5 Å². The molecular weight excluding hydrogens is 276 g/mol. The molecule has 1 amide bonds. The lowest BCUT2D eigenvalue weighted by molar-refractivity contribution is 0.0942. The van der Waals surface area contributed by atoms with Crippen molar-refractivity contribution in [3.8, 4) is 11.3 Å². The number of hydrogen-bond donors (Lipinski definition) is 1. The number of aromatic nitrogens is 1. The Bertz CT molecular complexity index is 779. The normalized spacial score (nSPS) is 10.4. The SMILES string of the molecule is Cc1cccc(CNC(=O)c2cc(-c3ccccc3)on2)c1. The number of nitrogens with one attached hydrogen (secondary N) is 1. The fourth-order valence-corrected chi connectivity index (χ4v) is 2.22. The van der Waals surface area contributed by atoms with Crippen LogP contribution in [0.4, 0.5) is 0 Å². The summed E-state index contributed by atoms with van der Waals surface area (Å²) in [5, 5.41) is 6.68. The van der Waals surface area contributed by atoms with Gasteiger partial charge in [-0.1, -0.05) is 65.3 Å². The standard InChI is InChI=1S/C18H16N2O2/c1-13-6-5-7-14(10-13)12-19-18(21)16-11-17(22-20-16)15-8-3-2-4-9-15/h2-11H,12H2,1H3,(H,19,21). The molecule has 3 aromatic rings. The molecule has 0 radical (unpaired) electrons. The summed E-state index contributed by atoms with van der Waals surface area (Å²) in [7, 11) is 0. The van der Waals surface area contributed by atoms with Gasteiger partial charge in [0.05, 0.1) is 0 Å². The molecule has 1 heterocycles. The van der Waals surface area contributed by atoms with Gasteiger partial charge in [0, 0.05) is 18.2 Å². The fraction of sp³-hybridized carbons (Fsp3) is 0.111. The third-order valence-corrected chi connectivity index (χ3v) is 3.34. The molecule has 3 rings (SSSR count). The first-order valence-electron chi connectivity index (χ1n) is 7.08. The van der Waals surface area contributed by atoms with E-state index in [2.05, 4.69) is 10.5 Å². The van der Waals surface area contributed by atoms with Crippen LogP contribution in [-0.2, 0) is 6.54 Å². The van der Waals surface area contributed by atoms with Crippen LogP contribution in [0.5, 0.6) is 0 Å². The largest absolute Gasteiger partial charge is 0.355 e. The Balaban J connectivity index is 1.67. The molecule has 0 saturated carbocycles. The van der Waals surface area contributed by atoms with Gasteiger partial charge in [0.15, 0.2) is 11.5 Å². The minimum absolute atomic E-state index is 0.243. The number of benzene rings is 2. The summed E-state index contributed by atoms with van der Waals surface area (Å²) in [4.78, 5) is 12.1. The maximum Gasteiger partial charge on any atom is 0.273 e. The molecule has 110 valence electrons. The van der Waals surface area contributed by atoms with Crippen molar-refractivity contribution in [2.75, 3.05) is 0 Å². The molecule has 4 nitrogen and oxygen atoms in total. The molecule has 0 aliphatic heterocycles. The summed E-state index contributed by atoms with van der Waals surface area (Å²) in [5.74, 6) is 0.341. The predicted molar refractivity (Wildman–Crippen MR) is 84.3 cm³/mol. The number of amides is 1. The molecule has 22 heavy (non-hydrogen) atoms. The maximum atomic E-state index is 12.1. The van der Waals surface area contributed by atoms with Gasteiger partial charge in [-0.05, 0) is 12.5 Å². The third kappa shape index (κ3) is 3.23. The van der Waals surface area contributed by atoms with Gasteiger partial charge in [0.25, 0.3) is 5.91 Å². The summed E-state index contributed by atoms with van der Waals surface area (Å²) >= 11 is 0. The van der Waals surface area contributed by atoms with Crippen LogP contribution in [0.15, 0.2) is 65.2 Å². The van der Waals surface area contributed by atoms with Crippen molar-refractivity contribution in [3.05, 3.63) is 77.5 Å². The van der Waals surface area contributed by atoms with E-state index in [0.717, 1.165) is 11.1 Å². The lowest BCUT2D eigenvalue weighted by Crippen LogP contribution is -2.23. The van der Waals surface area contributed by atoms with Gasteiger partial charge in [-0.3, -0.25) is 4.79 Å². The Hall–Kier alpha value is -2.88. The number of carbonyl (C=O) groups excluding carboxylic acids is 1. The molecule has 0 bridgehead atoms. The molecule has 4 heteroatoms. The minimum Gasteiger partial charge on any atom is -0.355 e. The lowest BCUT2D eigenvalue weighted by atomic mass is 10.1. The van der Waals surface area contributed by atoms with Gasteiger partial charge in [0.1, 0.15) is 0 Å². The molecule has 1 N–H and O–H groups in total. The van der Waals surface area contributed by atoms with E-state index in [-0.39, 0.29) is 11.6 Å². The van der Waals surface area contributed by atoms with Crippen LogP contribution in [0.2, 0.25) is 0 Å². The molecule has 0 fully saturated rings. The highest BCUT2D eigenvalue weighted by molar-refractivity contribution is 5.93. The number of rotatable bonds is 4. The zero-order valence-corrected chi connectivity index (χ0v) is 12.2. The zero-order valence-electron chi connectivity index (χ0n) is 12.2. The Morgan fingerprint density at radius 2 is 1.91 bits per heavy atom. The molecule has 0 saturated heterocycles. The van der Waals surface area contributed by atoms with Crippen LogP contribution in [0.25, 0.3) is 11.3 Å². The monoisotopic (exact) mass is 292 g/mol. The first kappa shape index (κ1) is 14.1. The first-order chi connectivity index (χ1) is 10.7. The van der Waals surface area contributed by atoms with Gasteiger partial charge in [0.2, 0.25) is 0 Å². The summed E-state index contributed by atoms with van der Waals surface area (Å²) < 4.78 is 5.23. The van der Waals surface area contributed by atoms with Crippen molar-refractivity contribution in [1.82, 2.24) is 10.5 Å². The summed E-state index contributed by atoms with van der Waals surface area (Å²) in [6.45, 7) is 2.49. The Kier molecular flexibility index (Phi) is 4.01. The highest BCUT2D eigenvalue weighted by Gasteiger charge is 2.13. The van der Waals surface area contributed by atoms with Crippen molar-refractivity contribution in [3.63, 3.8) is 0 Å². The average Bonchev–Trinajstić information content (AvgIpc) is 3.04. The topological polar surface area (TPSA) is 55.1 Å². The third-order valence-electron chi connectivity index (χ3n) is 3.34. The van der Waals surface area contributed by atoms with Crippen LogP contribution in [-0.4, -0.2) is 11.1 Å². The fourth-order valence-electron chi connectivity index (χ4n) is 2.22. The second kappa shape index (κ2) is 6.26. The lowest BCUT2D eigenvalue weighted by Gasteiger charge is -2.03. The van der Waals surface area contributed by atoms with E-state index < -0.39 is 0 Å². The molecule has 0 spiro atoms. The second-order valence-corrected chi connectivity index (χ2v) is 5.11. The highest BCUT2D eigenvalue weighted by Crippen LogP contribution is 2.19. The average molecular weight is 292 g/mol. The molecule has 0 aliphatic carbocycles. The van der Waals surface area contributed by atoms with Crippen molar-refractivity contribution in [1.29, 1.82) is 0 Å². The van der Waals surface area contributed by atoms with Crippen molar-refractivity contribution < 1.29 is 9.32 Å². The van der Waals surface area contributed by atoms with Gasteiger partial charge < -0.3 is 9.84 Å². The van der Waals surface area contributed by atoms with Crippen LogP contribution < -0.4 is 5.32 Å². The van der Waals surface area contributed by atoms with Crippen LogP contribution in [0, 0.1) is 6.92 Å². The molecule has 2 aromatic carbocycles. The molecule has 0 atom stereocenters. The van der Waals surface area contributed by atoms with Gasteiger partial charge in [-0.2, -0.15) is 0 Å². The number of nitrogens with zero attached hydrogens (tertiary/aromatic N) is 1. The van der Waals surface area contributed by atoms with E-state index in [1.165, 1.54) is 5.56 Å². The first-order valence-corrected chi connectivity index (χ1v) is 7.08. The van der Waals surface area contributed by atoms with Crippen LogP contribution >= 0.6 is 0 Å². The van der Waals surface area contributed by atoms with E-state index in [9.17, 15) is 4.79 Å². The van der Waals surface area contributed by atoms with Crippen molar-refractivity contribution in [2.24, 2.45) is 0 Å². The van der Waals surface area contributed by atoms with Crippen LogP contribution in [0.1, 0.15) is 21.6 Å². The van der Waals surface area contributed by atoms with E-state index in [0.29, 0.717) is 12.3 Å².